The molecule has 2 aromatic carbocycles. The second-order valence-electron chi connectivity index (χ2n) is 5.42. The number of carbonyl (C=O) groups excluding carboxylic acids is 2. The van der Waals surface area contributed by atoms with Gasteiger partial charge in [-0.05, 0) is 29.8 Å². The van der Waals surface area contributed by atoms with Crippen LogP contribution in [0.2, 0.25) is 0 Å². The third kappa shape index (κ3) is 2.62. The number of aliphatic carboxylic acids is 1. The van der Waals surface area contributed by atoms with Crippen LogP contribution in [0.5, 0.6) is 5.75 Å². The van der Waals surface area contributed by atoms with E-state index in [9.17, 15) is 19.5 Å². The topological polar surface area (TPSA) is 83.9 Å². The van der Waals surface area contributed by atoms with E-state index in [4.69, 9.17) is 4.74 Å². The zero-order valence-corrected chi connectivity index (χ0v) is 12.9. The van der Waals surface area contributed by atoms with Gasteiger partial charge in [-0.2, -0.15) is 0 Å². The average Bonchev–Trinajstić information content (AvgIpc) is 2.84. The molecule has 0 saturated heterocycles. The lowest BCUT2D eigenvalue weighted by Gasteiger charge is -2.25. The van der Waals surface area contributed by atoms with Crippen molar-refractivity contribution in [1.29, 1.82) is 0 Å². The zero-order chi connectivity index (χ0) is 17.3. The SMILES string of the molecule is COc1cccc([C@@H](CC(=O)O)N2C(=O)c3ccccc3C2=O)c1. The van der Waals surface area contributed by atoms with Crippen molar-refractivity contribution in [3.05, 3.63) is 65.2 Å². The molecule has 0 saturated carbocycles. The van der Waals surface area contributed by atoms with Crippen molar-refractivity contribution >= 4 is 17.8 Å². The molecule has 1 aliphatic rings. The predicted molar refractivity (Wildman–Crippen MR) is 84.9 cm³/mol. The first-order valence-corrected chi connectivity index (χ1v) is 7.35. The van der Waals surface area contributed by atoms with Crippen molar-refractivity contribution in [1.82, 2.24) is 4.90 Å². The molecule has 2 aromatic rings. The molecule has 2 amide bonds. The molecule has 6 nitrogen and oxygen atoms in total. The Bertz CT molecular complexity index is 795. The summed E-state index contributed by atoms with van der Waals surface area (Å²) in [5, 5.41) is 9.24. The molecule has 1 aliphatic heterocycles. The number of hydrogen-bond acceptors (Lipinski definition) is 4. The Morgan fingerprint density at radius 3 is 2.25 bits per heavy atom. The van der Waals surface area contributed by atoms with Gasteiger partial charge < -0.3 is 9.84 Å². The summed E-state index contributed by atoms with van der Waals surface area (Å²) in [4.78, 5) is 37.6. The van der Waals surface area contributed by atoms with E-state index in [2.05, 4.69) is 0 Å². The number of nitrogens with zero attached hydrogens (tertiary/aromatic N) is 1. The lowest BCUT2D eigenvalue weighted by Crippen LogP contribution is -2.35. The van der Waals surface area contributed by atoms with E-state index in [1.165, 1.54) is 7.11 Å². The number of carboxylic acids is 1. The van der Waals surface area contributed by atoms with E-state index >= 15 is 0 Å². The van der Waals surface area contributed by atoms with Crippen LogP contribution in [0.15, 0.2) is 48.5 Å². The van der Waals surface area contributed by atoms with Crippen LogP contribution < -0.4 is 4.74 Å². The molecule has 122 valence electrons. The minimum atomic E-state index is -1.10. The van der Waals surface area contributed by atoms with Gasteiger partial charge in [0.2, 0.25) is 0 Å². The van der Waals surface area contributed by atoms with Gasteiger partial charge in [-0.15, -0.1) is 0 Å². The first-order chi connectivity index (χ1) is 11.5. The smallest absolute Gasteiger partial charge is 0.305 e. The van der Waals surface area contributed by atoms with Crippen molar-refractivity contribution in [2.24, 2.45) is 0 Å². The average molecular weight is 325 g/mol. The summed E-state index contributed by atoms with van der Waals surface area (Å²) in [5.41, 5.74) is 1.12. The maximum Gasteiger partial charge on any atom is 0.305 e. The van der Waals surface area contributed by atoms with E-state index in [0.717, 1.165) is 4.90 Å². The molecule has 0 aliphatic carbocycles. The van der Waals surface area contributed by atoms with Crippen LogP contribution in [-0.4, -0.2) is 34.9 Å². The molecular weight excluding hydrogens is 310 g/mol. The quantitative estimate of drug-likeness (QED) is 0.854. The van der Waals surface area contributed by atoms with Gasteiger partial charge in [0, 0.05) is 0 Å². The molecule has 1 atom stereocenters. The van der Waals surface area contributed by atoms with Gasteiger partial charge in [-0.1, -0.05) is 24.3 Å². The number of rotatable bonds is 5. The largest absolute Gasteiger partial charge is 0.497 e. The number of hydrogen-bond donors (Lipinski definition) is 1. The molecule has 0 unspecified atom stereocenters. The standard InChI is InChI=1S/C18H15NO5/c1-24-12-6-4-5-11(9-12)15(10-16(20)21)19-17(22)13-7-2-3-8-14(13)18(19)23/h2-9,15H,10H2,1H3,(H,20,21)/t15-/m1/s1. The van der Waals surface area contributed by atoms with Crippen LogP contribution in [0.4, 0.5) is 0 Å². The molecule has 6 heteroatoms. The lowest BCUT2D eigenvalue weighted by atomic mass is 10.0. The van der Waals surface area contributed by atoms with Crippen molar-refractivity contribution in [3.8, 4) is 5.75 Å². The summed E-state index contributed by atoms with van der Waals surface area (Å²) in [6, 6.07) is 12.3. The first-order valence-electron chi connectivity index (χ1n) is 7.35. The number of carboxylic acid groups (broad SMARTS) is 1. The zero-order valence-electron chi connectivity index (χ0n) is 12.9. The van der Waals surface area contributed by atoms with Crippen molar-refractivity contribution in [2.75, 3.05) is 7.11 Å². The molecular formula is C18H15NO5. The normalized spacial score (nSPS) is 14.5. The molecule has 0 fully saturated rings. The highest BCUT2D eigenvalue weighted by Crippen LogP contribution is 2.34. The molecule has 24 heavy (non-hydrogen) atoms. The molecule has 0 aromatic heterocycles. The maximum atomic E-state index is 12.6. The van der Waals surface area contributed by atoms with E-state index in [0.29, 0.717) is 22.4 Å². The number of carbonyl (C=O) groups is 3. The molecule has 0 bridgehead atoms. The fraction of sp³-hybridized carbons (Fsp3) is 0.167. The maximum absolute atomic E-state index is 12.6. The number of methoxy groups -OCH3 is 1. The minimum Gasteiger partial charge on any atom is -0.497 e. The highest BCUT2D eigenvalue weighted by molar-refractivity contribution is 6.21. The summed E-state index contributed by atoms with van der Waals surface area (Å²) >= 11 is 0. The van der Waals surface area contributed by atoms with E-state index in [1.807, 2.05) is 0 Å². The number of benzene rings is 2. The summed E-state index contributed by atoms with van der Waals surface area (Å²) in [6.45, 7) is 0. The molecule has 0 radical (unpaired) electrons. The third-order valence-electron chi connectivity index (χ3n) is 3.98. The van der Waals surface area contributed by atoms with E-state index in [-0.39, 0.29) is 6.42 Å². The van der Waals surface area contributed by atoms with Crippen LogP contribution in [0.1, 0.15) is 38.7 Å². The molecule has 1 N–H and O–H groups in total. The number of imide groups is 1. The molecule has 3 rings (SSSR count). The summed E-state index contributed by atoms with van der Waals surface area (Å²) in [6.07, 6.45) is -0.376. The van der Waals surface area contributed by atoms with Gasteiger partial charge in [0.1, 0.15) is 5.75 Å². The predicted octanol–water partition coefficient (Wildman–Crippen LogP) is 2.51. The second-order valence-corrected chi connectivity index (χ2v) is 5.42. The molecule has 0 spiro atoms. The van der Waals surface area contributed by atoms with Crippen LogP contribution in [0.25, 0.3) is 0 Å². The minimum absolute atomic E-state index is 0.292. The Morgan fingerprint density at radius 1 is 1.08 bits per heavy atom. The van der Waals surface area contributed by atoms with Crippen molar-refractivity contribution < 1.29 is 24.2 Å². The Labute approximate surface area is 138 Å². The summed E-state index contributed by atoms with van der Waals surface area (Å²) < 4.78 is 5.15. The van der Waals surface area contributed by atoms with Gasteiger partial charge in [-0.3, -0.25) is 19.3 Å². The van der Waals surface area contributed by atoms with Crippen molar-refractivity contribution in [3.63, 3.8) is 0 Å². The monoisotopic (exact) mass is 325 g/mol. The van der Waals surface area contributed by atoms with Gasteiger partial charge >= 0.3 is 5.97 Å². The highest BCUT2D eigenvalue weighted by atomic mass is 16.5. The Kier molecular flexibility index (Phi) is 4.04. The van der Waals surface area contributed by atoms with Crippen molar-refractivity contribution in [2.45, 2.75) is 12.5 Å². The van der Waals surface area contributed by atoms with Crippen LogP contribution in [0, 0.1) is 0 Å². The Hall–Kier alpha value is -3.15. The van der Waals surface area contributed by atoms with Crippen LogP contribution in [-0.2, 0) is 4.79 Å². The van der Waals surface area contributed by atoms with E-state index < -0.39 is 23.8 Å². The van der Waals surface area contributed by atoms with Gasteiger partial charge in [0.25, 0.3) is 11.8 Å². The fourth-order valence-electron chi connectivity index (χ4n) is 2.86. The van der Waals surface area contributed by atoms with Gasteiger partial charge in [-0.25, -0.2) is 0 Å². The Morgan fingerprint density at radius 2 is 1.71 bits per heavy atom. The van der Waals surface area contributed by atoms with Crippen LogP contribution in [0.3, 0.4) is 0 Å². The number of amides is 2. The second kappa shape index (κ2) is 6.16. The van der Waals surface area contributed by atoms with Crippen LogP contribution >= 0.6 is 0 Å². The first kappa shape index (κ1) is 15.7. The summed E-state index contributed by atoms with van der Waals surface area (Å²) in [5.74, 6) is -1.53. The highest BCUT2D eigenvalue weighted by Gasteiger charge is 2.41. The van der Waals surface area contributed by atoms with E-state index in [1.54, 1.807) is 48.5 Å². The number of fused-ring (bicyclic) bond motifs is 1. The Balaban J connectivity index is 2.06. The number of ether oxygens (including phenoxy) is 1. The summed E-state index contributed by atoms with van der Waals surface area (Å²) in [7, 11) is 1.49. The fourth-order valence-corrected chi connectivity index (χ4v) is 2.86. The lowest BCUT2D eigenvalue weighted by molar-refractivity contribution is -0.138. The van der Waals surface area contributed by atoms with Gasteiger partial charge in [0.15, 0.2) is 0 Å². The van der Waals surface area contributed by atoms with Gasteiger partial charge in [0.05, 0.1) is 30.7 Å². The third-order valence-corrected chi connectivity index (χ3v) is 3.98. The molecule has 1 heterocycles.